The highest BCUT2D eigenvalue weighted by Crippen LogP contribution is 2.56. The number of nitrogen functional groups attached to an aromatic ring is 1. The van der Waals surface area contributed by atoms with E-state index < -0.39 is 0 Å². The molecule has 1 aromatic carbocycles. The van der Waals surface area contributed by atoms with Crippen molar-refractivity contribution < 1.29 is 9.53 Å². The van der Waals surface area contributed by atoms with Crippen LogP contribution in [0.2, 0.25) is 0 Å². The molecule has 3 aliphatic rings. The van der Waals surface area contributed by atoms with Crippen LogP contribution in [0.25, 0.3) is 0 Å². The molecule has 0 radical (unpaired) electrons. The topological polar surface area (TPSA) is 64.3 Å². The summed E-state index contributed by atoms with van der Waals surface area (Å²) in [5, 5.41) is 3.10. The molecule has 90 valence electrons. The van der Waals surface area contributed by atoms with Crippen LogP contribution in [0.4, 0.5) is 5.69 Å². The average molecular weight is 232 g/mol. The molecule has 1 amide bonds. The molecule has 1 aromatic rings. The van der Waals surface area contributed by atoms with Crippen LogP contribution in [0, 0.1) is 5.92 Å². The van der Waals surface area contributed by atoms with Gasteiger partial charge in [0.2, 0.25) is 0 Å². The van der Waals surface area contributed by atoms with E-state index >= 15 is 0 Å². The number of rotatable bonds is 3. The number of carbonyl (C=O) groups is 1. The molecule has 0 saturated heterocycles. The molecule has 0 atom stereocenters. The van der Waals surface area contributed by atoms with Gasteiger partial charge in [0.15, 0.2) is 0 Å². The van der Waals surface area contributed by atoms with E-state index in [1.165, 1.54) is 0 Å². The van der Waals surface area contributed by atoms with Crippen molar-refractivity contribution in [2.75, 3.05) is 12.8 Å². The van der Waals surface area contributed by atoms with Gasteiger partial charge in [0.05, 0.1) is 12.8 Å². The number of hydrogen-bond acceptors (Lipinski definition) is 3. The minimum atomic E-state index is -0.0301. The Hall–Kier alpha value is -1.71. The van der Waals surface area contributed by atoms with Crippen LogP contribution in [0.3, 0.4) is 0 Å². The van der Waals surface area contributed by atoms with E-state index in [0.717, 1.165) is 25.2 Å². The van der Waals surface area contributed by atoms with Gasteiger partial charge in [-0.1, -0.05) is 0 Å². The Labute approximate surface area is 100 Å². The monoisotopic (exact) mass is 232 g/mol. The van der Waals surface area contributed by atoms with Gasteiger partial charge in [0.1, 0.15) is 5.75 Å². The third kappa shape index (κ3) is 1.55. The fourth-order valence-electron chi connectivity index (χ4n) is 2.82. The zero-order chi connectivity index (χ0) is 12.0. The summed E-state index contributed by atoms with van der Waals surface area (Å²) in [6.07, 6.45) is 3.43. The summed E-state index contributed by atoms with van der Waals surface area (Å²) < 4.78 is 5.06. The van der Waals surface area contributed by atoms with E-state index in [-0.39, 0.29) is 11.4 Å². The Bertz CT molecular complexity index is 467. The molecule has 3 fully saturated rings. The van der Waals surface area contributed by atoms with Crippen LogP contribution in [0.15, 0.2) is 18.2 Å². The summed E-state index contributed by atoms with van der Waals surface area (Å²) >= 11 is 0. The maximum atomic E-state index is 12.0. The van der Waals surface area contributed by atoms with Crippen molar-refractivity contribution in [1.82, 2.24) is 5.32 Å². The number of amides is 1. The first kappa shape index (κ1) is 10.4. The number of hydrogen-bond donors (Lipinski definition) is 2. The number of benzene rings is 1. The van der Waals surface area contributed by atoms with Crippen LogP contribution >= 0.6 is 0 Å². The second kappa shape index (κ2) is 3.39. The molecule has 3 aliphatic carbocycles. The summed E-state index contributed by atoms with van der Waals surface area (Å²) in [6.45, 7) is 0. The van der Waals surface area contributed by atoms with Gasteiger partial charge in [0.25, 0.3) is 5.91 Å². The lowest BCUT2D eigenvalue weighted by molar-refractivity contribution is -0.0438. The molecule has 0 unspecified atom stereocenters. The number of carbonyl (C=O) groups excluding carboxylic acids is 1. The lowest BCUT2D eigenvalue weighted by atomic mass is 9.50. The Morgan fingerprint density at radius 3 is 2.65 bits per heavy atom. The van der Waals surface area contributed by atoms with Gasteiger partial charge in [-0.05, 0) is 43.4 Å². The zero-order valence-corrected chi connectivity index (χ0v) is 9.82. The second-order valence-electron chi connectivity index (χ2n) is 5.17. The van der Waals surface area contributed by atoms with Crippen LogP contribution in [0.5, 0.6) is 5.75 Å². The smallest absolute Gasteiger partial charge is 0.251 e. The fourth-order valence-corrected chi connectivity index (χ4v) is 2.82. The van der Waals surface area contributed by atoms with Crippen molar-refractivity contribution in [2.45, 2.75) is 24.8 Å². The lowest BCUT2D eigenvalue weighted by Gasteiger charge is -2.61. The third-order valence-corrected chi connectivity index (χ3v) is 3.91. The predicted octanol–water partition coefficient (Wildman–Crippen LogP) is 1.56. The van der Waals surface area contributed by atoms with Crippen molar-refractivity contribution in [3.05, 3.63) is 23.8 Å². The largest absolute Gasteiger partial charge is 0.495 e. The molecule has 17 heavy (non-hydrogen) atoms. The highest BCUT2D eigenvalue weighted by atomic mass is 16.5. The fraction of sp³-hybridized carbons (Fsp3) is 0.462. The van der Waals surface area contributed by atoms with Gasteiger partial charge < -0.3 is 15.8 Å². The van der Waals surface area contributed by atoms with E-state index in [4.69, 9.17) is 10.5 Å². The van der Waals surface area contributed by atoms with Crippen LogP contribution < -0.4 is 15.8 Å². The normalized spacial score (nSPS) is 28.9. The van der Waals surface area contributed by atoms with E-state index in [1.54, 1.807) is 25.3 Å². The van der Waals surface area contributed by atoms with Crippen molar-refractivity contribution in [1.29, 1.82) is 0 Å². The summed E-state index contributed by atoms with van der Waals surface area (Å²) in [5.41, 5.74) is 6.99. The summed E-state index contributed by atoms with van der Waals surface area (Å²) in [4.78, 5) is 12.0. The SMILES string of the molecule is COc1ccc(C(=O)NC23CC(C2)C3)cc1N. The Kier molecular flexibility index (Phi) is 2.08. The first-order valence-electron chi connectivity index (χ1n) is 5.88. The van der Waals surface area contributed by atoms with Crippen LogP contribution in [-0.2, 0) is 0 Å². The first-order chi connectivity index (χ1) is 8.12. The van der Waals surface area contributed by atoms with Crippen LogP contribution in [0.1, 0.15) is 29.6 Å². The van der Waals surface area contributed by atoms with Crippen LogP contribution in [-0.4, -0.2) is 18.6 Å². The molecule has 3 N–H and O–H groups in total. The predicted molar refractivity (Wildman–Crippen MR) is 64.9 cm³/mol. The van der Waals surface area contributed by atoms with Gasteiger partial charge >= 0.3 is 0 Å². The third-order valence-electron chi connectivity index (χ3n) is 3.91. The lowest BCUT2D eigenvalue weighted by Crippen LogP contribution is -2.68. The van der Waals surface area contributed by atoms with Gasteiger partial charge in [-0.25, -0.2) is 0 Å². The van der Waals surface area contributed by atoms with Crippen molar-refractivity contribution in [2.24, 2.45) is 5.92 Å². The maximum Gasteiger partial charge on any atom is 0.251 e. The van der Waals surface area contributed by atoms with E-state index in [0.29, 0.717) is 17.0 Å². The first-order valence-corrected chi connectivity index (χ1v) is 5.88. The number of methoxy groups -OCH3 is 1. The maximum absolute atomic E-state index is 12.0. The quantitative estimate of drug-likeness (QED) is 0.777. The minimum Gasteiger partial charge on any atom is -0.495 e. The molecule has 0 spiro atoms. The molecule has 4 heteroatoms. The standard InChI is InChI=1S/C13H16N2O2/c1-17-11-3-2-9(4-10(11)14)12(16)15-13-5-8(6-13)7-13/h2-4,8H,5-7,14H2,1H3,(H,15,16). The summed E-state index contributed by atoms with van der Waals surface area (Å²) in [6, 6.07) is 5.14. The van der Waals surface area contributed by atoms with Gasteiger partial charge in [-0.15, -0.1) is 0 Å². The Morgan fingerprint density at radius 2 is 2.18 bits per heavy atom. The molecule has 0 heterocycles. The highest BCUT2D eigenvalue weighted by molar-refractivity contribution is 5.96. The Morgan fingerprint density at radius 1 is 1.47 bits per heavy atom. The summed E-state index contributed by atoms with van der Waals surface area (Å²) in [5.74, 6) is 1.43. The molecule has 4 nitrogen and oxygen atoms in total. The van der Waals surface area contributed by atoms with Gasteiger partial charge in [-0.3, -0.25) is 4.79 Å². The molecule has 4 rings (SSSR count). The number of nitrogens with two attached hydrogens (primary N) is 1. The number of anilines is 1. The number of ether oxygens (including phenoxy) is 1. The zero-order valence-electron chi connectivity index (χ0n) is 9.82. The van der Waals surface area contributed by atoms with E-state index in [1.807, 2.05) is 0 Å². The minimum absolute atomic E-state index is 0.0301. The highest BCUT2D eigenvalue weighted by Gasteiger charge is 2.57. The van der Waals surface area contributed by atoms with Gasteiger partial charge in [0, 0.05) is 11.1 Å². The second-order valence-corrected chi connectivity index (χ2v) is 5.17. The molecule has 0 aromatic heterocycles. The number of nitrogens with one attached hydrogen (secondary N) is 1. The average Bonchev–Trinajstić information content (AvgIpc) is 2.21. The van der Waals surface area contributed by atoms with Crippen molar-refractivity contribution >= 4 is 11.6 Å². The molecule has 2 bridgehead atoms. The van der Waals surface area contributed by atoms with Crippen molar-refractivity contribution in [3.8, 4) is 5.75 Å². The van der Waals surface area contributed by atoms with E-state index in [2.05, 4.69) is 5.32 Å². The molecular formula is C13H16N2O2. The Balaban J connectivity index is 1.74. The van der Waals surface area contributed by atoms with Gasteiger partial charge in [-0.2, -0.15) is 0 Å². The molecule has 0 aliphatic heterocycles. The molecule has 3 saturated carbocycles. The molecular weight excluding hydrogens is 216 g/mol. The van der Waals surface area contributed by atoms with E-state index in [9.17, 15) is 4.79 Å². The summed E-state index contributed by atoms with van der Waals surface area (Å²) in [7, 11) is 1.56. The van der Waals surface area contributed by atoms with Crippen molar-refractivity contribution in [3.63, 3.8) is 0 Å².